The highest BCUT2D eigenvalue weighted by molar-refractivity contribution is 7.98. The van der Waals surface area contributed by atoms with E-state index in [1.165, 1.54) is 23.9 Å². The van der Waals surface area contributed by atoms with Crippen molar-refractivity contribution in [3.05, 3.63) is 29.8 Å². The van der Waals surface area contributed by atoms with Crippen LogP contribution in [-0.4, -0.2) is 82.3 Å². The van der Waals surface area contributed by atoms with Crippen LogP contribution in [0.2, 0.25) is 0 Å². The average Bonchev–Trinajstić information content (AvgIpc) is 2.75. The fourth-order valence-electron chi connectivity index (χ4n) is 2.56. The molecule has 172 valence electrons. The summed E-state index contributed by atoms with van der Waals surface area (Å²) in [5.41, 5.74) is 5.78. The maximum absolute atomic E-state index is 12.8. The maximum atomic E-state index is 12.8. The van der Waals surface area contributed by atoms with Crippen LogP contribution in [0.15, 0.2) is 24.3 Å². The zero-order valence-corrected chi connectivity index (χ0v) is 17.9. The zero-order chi connectivity index (χ0) is 23.4. The Balaban J connectivity index is 3.02. The van der Waals surface area contributed by atoms with E-state index in [2.05, 4.69) is 16.0 Å². The molecule has 0 fully saturated rings. The van der Waals surface area contributed by atoms with Crippen LogP contribution in [0.25, 0.3) is 0 Å². The van der Waals surface area contributed by atoms with Gasteiger partial charge in [0.15, 0.2) is 0 Å². The smallest absolute Gasteiger partial charge is 0.326 e. The highest BCUT2D eigenvalue weighted by Crippen LogP contribution is 2.12. The van der Waals surface area contributed by atoms with Crippen LogP contribution in [0.4, 0.5) is 0 Å². The van der Waals surface area contributed by atoms with Gasteiger partial charge in [-0.3, -0.25) is 14.4 Å². The van der Waals surface area contributed by atoms with E-state index in [4.69, 9.17) is 5.73 Å². The summed E-state index contributed by atoms with van der Waals surface area (Å²) in [5, 5.41) is 35.3. The summed E-state index contributed by atoms with van der Waals surface area (Å²) in [6.07, 6.45) is 1.98. The molecule has 0 aromatic heterocycles. The standard InChI is InChI=1S/C19H28N4O7S/c1-31-7-6-13(19(29)30)22-17(27)14(8-11-2-4-12(25)5-3-11)23-18(28)15(10-24)21-16(26)9-20/h2-5,13-15,24-25H,6-10,20H2,1H3,(H,21,26)(H,22,27)(H,23,28)(H,29,30). The number of aliphatic hydroxyl groups excluding tert-OH is 1. The normalized spacial score (nSPS) is 13.5. The first-order valence-electron chi connectivity index (χ1n) is 9.42. The van der Waals surface area contributed by atoms with E-state index in [0.29, 0.717) is 11.3 Å². The molecule has 31 heavy (non-hydrogen) atoms. The molecular weight excluding hydrogens is 428 g/mol. The van der Waals surface area contributed by atoms with Crippen LogP contribution in [0, 0.1) is 0 Å². The van der Waals surface area contributed by atoms with Gasteiger partial charge in [-0.2, -0.15) is 11.8 Å². The van der Waals surface area contributed by atoms with Gasteiger partial charge in [-0.15, -0.1) is 0 Å². The molecule has 0 aliphatic rings. The Bertz CT molecular complexity index is 760. The lowest BCUT2D eigenvalue weighted by Crippen LogP contribution is -2.57. The summed E-state index contributed by atoms with van der Waals surface area (Å²) < 4.78 is 0. The number of aliphatic hydroxyl groups is 1. The van der Waals surface area contributed by atoms with Crippen LogP contribution in [0.3, 0.4) is 0 Å². The van der Waals surface area contributed by atoms with Gasteiger partial charge >= 0.3 is 5.97 Å². The number of phenolic OH excluding ortho intramolecular Hbond substituents is 1. The minimum absolute atomic E-state index is 0.0154. The third-order valence-electron chi connectivity index (χ3n) is 4.25. The lowest BCUT2D eigenvalue weighted by molar-refractivity contribution is -0.142. The second kappa shape index (κ2) is 13.5. The Morgan fingerprint density at radius 1 is 1.00 bits per heavy atom. The molecule has 1 aromatic carbocycles. The fraction of sp³-hybridized carbons (Fsp3) is 0.474. The minimum Gasteiger partial charge on any atom is -0.508 e. The van der Waals surface area contributed by atoms with E-state index in [0.717, 1.165) is 0 Å². The van der Waals surface area contributed by atoms with Gasteiger partial charge in [0.05, 0.1) is 13.2 Å². The van der Waals surface area contributed by atoms with Crippen molar-refractivity contribution in [2.45, 2.75) is 31.0 Å². The van der Waals surface area contributed by atoms with Crippen molar-refractivity contribution in [3.8, 4) is 5.75 Å². The second-order valence-electron chi connectivity index (χ2n) is 6.62. The Kier molecular flexibility index (Phi) is 11.4. The number of hydrogen-bond acceptors (Lipinski definition) is 8. The number of carbonyl (C=O) groups excluding carboxylic acids is 3. The van der Waals surface area contributed by atoms with E-state index in [-0.39, 0.29) is 18.6 Å². The Morgan fingerprint density at radius 2 is 1.58 bits per heavy atom. The molecule has 8 N–H and O–H groups in total. The molecule has 1 aromatic rings. The number of nitrogens with one attached hydrogen (secondary N) is 3. The predicted octanol–water partition coefficient (Wildman–Crippen LogP) is -1.82. The molecular formula is C19H28N4O7S. The molecule has 3 amide bonds. The third-order valence-corrected chi connectivity index (χ3v) is 4.90. The quantitative estimate of drug-likeness (QED) is 0.179. The summed E-state index contributed by atoms with van der Waals surface area (Å²) in [4.78, 5) is 48.2. The van der Waals surface area contributed by atoms with E-state index in [1.54, 1.807) is 18.4 Å². The molecule has 0 saturated heterocycles. The minimum atomic E-state index is -1.34. The van der Waals surface area contributed by atoms with Crippen LogP contribution in [0.5, 0.6) is 5.75 Å². The van der Waals surface area contributed by atoms with E-state index in [1.807, 2.05) is 0 Å². The number of thioether (sulfide) groups is 1. The van der Waals surface area contributed by atoms with Crippen molar-refractivity contribution in [1.82, 2.24) is 16.0 Å². The third kappa shape index (κ3) is 9.24. The number of hydrogen-bond donors (Lipinski definition) is 7. The number of phenols is 1. The fourth-order valence-corrected chi connectivity index (χ4v) is 3.03. The number of carboxylic acid groups (broad SMARTS) is 1. The lowest BCUT2D eigenvalue weighted by Gasteiger charge is -2.24. The van der Waals surface area contributed by atoms with Crippen LogP contribution < -0.4 is 21.7 Å². The van der Waals surface area contributed by atoms with Gasteiger partial charge in [0.25, 0.3) is 0 Å². The Hall–Kier alpha value is -2.83. The van der Waals surface area contributed by atoms with E-state index >= 15 is 0 Å². The topological polar surface area (TPSA) is 191 Å². The van der Waals surface area contributed by atoms with Crippen molar-refractivity contribution in [2.75, 3.05) is 25.2 Å². The highest BCUT2D eigenvalue weighted by Gasteiger charge is 2.29. The largest absolute Gasteiger partial charge is 0.508 e. The van der Waals surface area contributed by atoms with Crippen molar-refractivity contribution < 1.29 is 34.5 Å². The van der Waals surface area contributed by atoms with Crippen molar-refractivity contribution >= 4 is 35.5 Å². The first-order valence-corrected chi connectivity index (χ1v) is 10.8. The number of aromatic hydroxyl groups is 1. The summed E-state index contributed by atoms with van der Waals surface area (Å²) in [7, 11) is 0. The number of carbonyl (C=O) groups is 4. The van der Waals surface area contributed by atoms with Crippen molar-refractivity contribution in [1.29, 1.82) is 0 Å². The van der Waals surface area contributed by atoms with Crippen molar-refractivity contribution in [2.24, 2.45) is 5.73 Å². The van der Waals surface area contributed by atoms with Crippen LogP contribution in [0.1, 0.15) is 12.0 Å². The number of rotatable bonds is 13. The summed E-state index contributed by atoms with van der Waals surface area (Å²) in [5.74, 6) is -2.93. The maximum Gasteiger partial charge on any atom is 0.326 e. The molecule has 11 nitrogen and oxygen atoms in total. The number of carboxylic acids is 1. The summed E-state index contributed by atoms with van der Waals surface area (Å²) >= 11 is 1.43. The first-order chi connectivity index (χ1) is 14.7. The predicted molar refractivity (Wildman–Crippen MR) is 114 cm³/mol. The average molecular weight is 457 g/mol. The number of nitrogens with two attached hydrogens (primary N) is 1. The van der Waals surface area contributed by atoms with Gasteiger partial charge in [-0.05, 0) is 36.1 Å². The summed E-state index contributed by atoms with van der Waals surface area (Å²) in [6, 6.07) is 2.22. The monoisotopic (exact) mass is 456 g/mol. The van der Waals surface area contributed by atoms with Crippen LogP contribution >= 0.6 is 11.8 Å². The van der Waals surface area contributed by atoms with Gasteiger partial charge in [0.2, 0.25) is 17.7 Å². The molecule has 0 bridgehead atoms. The van der Waals surface area contributed by atoms with Gasteiger partial charge < -0.3 is 37.0 Å². The van der Waals surface area contributed by atoms with Crippen molar-refractivity contribution in [3.63, 3.8) is 0 Å². The molecule has 0 heterocycles. The summed E-state index contributed by atoms with van der Waals surface area (Å²) in [6.45, 7) is -1.12. The van der Waals surface area contributed by atoms with Gasteiger partial charge in [-0.25, -0.2) is 4.79 Å². The molecule has 0 aliphatic carbocycles. The van der Waals surface area contributed by atoms with Gasteiger partial charge in [-0.1, -0.05) is 12.1 Å². The number of aliphatic carboxylic acids is 1. The number of amides is 3. The molecule has 0 radical (unpaired) electrons. The van der Waals surface area contributed by atoms with Crippen LogP contribution in [-0.2, 0) is 25.6 Å². The Morgan fingerprint density at radius 3 is 2.10 bits per heavy atom. The Labute approximate surface area is 183 Å². The molecule has 0 spiro atoms. The molecule has 3 atom stereocenters. The van der Waals surface area contributed by atoms with Gasteiger partial charge in [0.1, 0.15) is 23.9 Å². The SMILES string of the molecule is CSCCC(NC(=O)C(Cc1ccc(O)cc1)NC(=O)C(CO)NC(=O)CN)C(=O)O. The lowest BCUT2D eigenvalue weighted by atomic mass is 10.0. The molecule has 1 rings (SSSR count). The molecule has 0 aliphatic heterocycles. The molecule has 3 unspecified atom stereocenters. The number of benzene rings is 1. The molecule has 12 heteroatoms. The second-order valence-corrected chi connectivity index (χ2v) is 7.61. The molecule has 0 saturated carbocycles. The van der Waals surface area contributed by atoms with Gasteiger partial charge in [0, 0.05) is 6.42 Å². The first kappa shape index (κ1) is 26.2. The highest BCUT2D eigenvalue weighted by atomic mass is 32.2. The van der Waals surface area contributed by atoms with E-state index in [9.17, 15) is 34.5 Å². The van der Waals surface area contributed by atoms with E-state index < -0.39 is 55.0 Å². The zero-order valence-electron chi connectivity index (χ0n) is 17.0.